The highest BCUT2D eigenvalue weighted by Crippen LogP contribution is 2.30. The third kappa shape index (κ3) is 6.75. The summed E-state index contributed by atoms with van der Waals surface area (Å²) in [7, 11) is 1.15. The van der Waals surface area contributed by atoms with Crippen molar-refractivity contribution < 1.29 is 47.7 Å². The maximum atomic E-state index is 12.3. The summed E-state index contributed by atoms with van der Waals surface area (Å²) < 4.78 is 27.2. The van der Waals surface area contributed by atoms with Crippen LogP contribution in [0, 0.1) is 0 Å². The van der Waals surface area contributed by atoms with Crippen LogP contribution in [0.3, 0.4) is 0 Å². The van der Waals surface area contributed by atoms with Crippen LogP contribution in [-0.2, 0) is 49.9 Å². The number of H-pyrrole nitrogens is 1. The van der Waals surface area contributed by atoms with Crippen LogP contribution in [0.2, 0.25) is 0 Å². The van der Waals surface area contributed by atoms with E-state index >= 15 is 0 Å². The summed E-state index contributed by atoms with van der Waals surface area (Å²) in [6.45, 7) is 3.80. The van der Waals surface area contributed by atoms with Crippen molar-refractivity contribution in [2.75, 3.05) is 11.9 Å². The van der Waals surface area contributed by atoms with Crippen LogP contribution in [-0.4, -0.2) is 77.0 Å². The fraction of sp³-hybridized carbons (Fsp3) is 0.550. The number of aromatic amines is 1. The zero-order valence-corrected chi connectivity index (χ0v) is 19.5. The zero-order chi connectivity index (χ0) is 26.4. The van der Waals surface area contributed by atoms with Crippen molar-refractivity contribution in [1.82, 2.24) is 9.55 Å². The van der Waals surface area contributed by atoms with E-state index in [9.17, 15) is 33.6 Å². The molecule has 0 aromatic carbocycles. The second-order valence-corrected chi connectivity index (χ2v) is 7.47. The van der Waals surface area contributed by atoms with Crippen LogP contribution >= 0.6 is 0 Å². The Morgan fingerprint density at radius 3 is 2.00 bits per heavy atom. The number of ether oxygens (including phenoxy) is 5. The van der Waals surface area contributed by atoms with Crippen LogP contribution in [0.15, 0.2) is 9.59 Å². The molecule has 1 aromatic heterocycles. The Morgan fingerprint density at radius 1 is 0.943 bits per heavy atom. The van der Waals surface area contributed by atoms with Crippen molar-refractivity contribution in [2.24, 2.45) is 7.05 Å². The minimum Gasteiger partial charge on any atom is -0.463 e. The van der Waals surface area contributed by atoms with Crippen LogP contribution in [0.25, 0.3) is 0 Å². The molecular formula is C20H25N3O12. The highest BCUT2D eigenvalue weighted by atomic mass is 16.7. The standard InChI is InChI=1S/C20H25N3O12/c1-8(25)31-7-13-14(32-9(2)26)15(33-10(3)27)16(34-11(4)28)18(35-13)21-17-12(6-24)19(29)23(5)20(30)22-17/h6,13-16,18,21H,7H2,1-5H3,(H,22,30)/t13-,14+,15+,16+,18-/m1/s1. The third-order valence-electron chi connectivity index (χ3n) is 4.74. The largest absolute Gasteiger partial charge is 0.463 e. The molecule has 0 bridgehead atoms. The molecule has 1 aliphatic rings. The highest BCUT2D eigenvalue weighted by Gasteiger charge is 2.52. The van der Waals surface area contributed by atoms with Gasteiger partial charge in [0.05, 0.1) is 0 Å². The number of nitrogens with one attached hydrogen (secondary N) is 2. The van der Waals surface area contributed by atoms with Gasteiger partial charge in [0.15, 0.2) is 30.8 Å². The van der Waals surface area contributed by atoms with Crippen molar-refractivity contribution in [1.29, 1.82) is 0 Å². The van der Waals surface area contributed by atoms with E-state index in [0.29, 0.717) is 4.57 Å². The average molecular weight is 499 g/mol. The molecule has 1 saturated heterocycles. The van der Waals surface area contributed by atoms with Gasteiger partial charge in [-0.05, 0) is 0 Å². The average Bonchev–Trinajstić information content (AvgIpc) is 2.74. The van der Waals surface area contributed by atoms with Crippen molar-refractivity contribution in [3.8, 4) is 0 Å². The molecule has 2 heterocycles. The molecule has 5 atom stereocenters. The monoisotopic (exact) mass is 499 g/mol. The van der Waals surface area contributed by atoms with E-state index in [0.717, 1.165) is 34.7 Å². The van der Waals surface area contributed by atoms with E-state index in [-0.39, 0.29) is 12.1 Å². The molecule has 2 N–H and O–H groups in total. The van der Waals surface area contributed by atoms with Gasteiger partial charge in [0.2, 0.25) is 0 Å². The summed E-state index contributed by atoms with van der Waals surface area (Å²) in [6.07, 6.45) is -6.96. The lowest BCUT2D eigenvalue weighted by molar-refractivity contribution is -0.247. The molecule has 15 nitrogen and oxygen atoms in total. The lowest BCUT2D eigenvalue weighted by Gasteiger charge is -2.44. The van der Waals surface area contributed by atoms with Gasteiger partial charge in [0.1, 0.15) is 24.1 Å². The molecule has 192 valence electrons. The molecule has 0 amide bonds. The second kappa shape index (κ2) is 11.4. The van der Waals surface area contributed by atoms with E-state index in [4.69, 9.17) is 23.7 Å². The van der Waals surface area contributed by atoms with Crippen LogP contribution < -0.4 is 16.6 Å². The summed E-state index contributed by atoms with van der Waals surface area (Å²) in [5, 5.41) is 2.59. The molecule has 1 aliphatic heterocycles. The Balaban J connectivity index is 2.61. The molecule has 0 radical (unpaired) electrons. The minimum atomic E-state index is -1.51. The fourth-order valence-electron chi connectivity index (χ4n) is 3.35. The number of hydrogen-bond donors (Lipinski definition) is 2. The Hall–Kier alpha value is -4.01. The molecule has 1 aromatic rings. The molecular weight excluding hydrogens is 474 g/mol. The predicted octanol–water partition coefficient (Wildman–Crippen LogP) is -1.62. The van der Waals surface area contributed by atoms with Gasteiger partial charge in [-0.25, -0.2) is 4.79 Å². The third-order valence-corrected chi connectivity index (χ3v) is 4.74. The molecule has 15 heteroatoms. The van der Waals surface area contributed by atoms with Gasteiger partial charge in [0.25, 0.3) is 5.56 Å². The lowest BCUT2D eigenvalue weighted by atomic mass is 9.97. The first-order chi connectivity index (χ1) is 16.3. The summed E-state index contributed by atoms with van der Waals surface area (Å²) >= 11 is 0. The maximum Gasteiger partial charge on any atom is 0.329 e. The molecule has 0 aliphatic carbocycles. The van der Waals surface area contributed by atoms with Crippen molar-refractivity contribution in [2.45, 2.75) is 58.3 Å². The number of hydrogen-bond acceptors (Lipinski definition) is 13. The SMILES string of the molecule is CC(=O)OC[C@H]1O[C@@H](Nc2[nH]c(=O)n(C)c(=O)c2C=O)[C@@H](OC(C)=O)[C@@H](OC(C)=O)[C@H]1OC(C)=O. The quantitative estimate of drug-likeness (QED) is 0.235. The molecule has 0 unspecified atom stereocenters. The van der Waals surface area contributed by atoms with E-state index in [1.165, 1.54) is 0 Å². The lowest BCUT2D eigenvalue weighted by Crippen LogP contribution is -2.64. The number of aldehydes is 1. The number of carbonyl (C=O) groups excluding carboxylic acids is 5. The molecule has 1 fully saturated rings. The fourth-order valence-corrected chi connectivity index (χ4v) is 3.35. The molecule has 0 spiro atoms. The van der Waals surface area contributed by atoms with E-state index in [1.807, 2.05) is 0 Å². The van der Waals surface area contributed by atoms with Crippen LogP contribution in [0.1, 0.15) is 38.1 Å². The highest BCUT2D eigenvalue weighted by molar-refractivity contribution is 5.81. The second-order valence-electron chi connectivity index (χ2n) is 7.47. The first kappa shape index (κ1) is 27.2. The van der Waals surface area contributed by atoms with Crippen molar-refractivity contribution >= 4 is 36.0 Å². The number of rotatable bonds is 8. The number of nitrogens with zero attached hydrogens (tertiary/aromatic N) is 1. The summed E-state index contributed by atoms with van der Waals surface area (Å²) in [5.41, 5.74) is -2.30. The molecule has 2 rings (SSSR count). The van der Waals surface area contributed by atoms with Gasteiger partial charge in [-0.2, -0.15) is 0 Å². The summed E-state index contributed by atoms with van der Waals surface area (Å²) in [4.78, 5) is 85.1. The van der Waals surface area contributed by atoms with E-state index in [1.54, 1.807) is 0 Å². The number of carbonyl (C=O) groups is 5. The van der Waals surface area contributed by atoms with Gasteiger partial charge in [-0.15, -0.1) is 0 Å². The van der Waals surface area contributed by atoms with Crippen LogP contribution in [0.5, 0.6) is 0 Å². The van der Waals surface area contributed by atoms with Gasteiger partial charge in [0, 0.05) is 34.7 Å². The van der Waals surface area contributed by atoms with Crippen LogP contribution in [0.4, 0.5) is 5.82 Å². The topological polar surface area (TPSA) is 198 Å². The Bertz CT molecular complexity index is 1120. The van der Waals surface area contributed by atoms with Gasteiger partial charge >= 0.3 is 29.6 Å². The predicted molar refractivity (Wildman–Crippen MR) is 113 cm³/mol. The van der Waals surface area contributed by atoms with Gasteiger partial charge < -0.3 is 29.0 Å². The number of esters is 4. The van der Waals surface area contributed by atoms with E-state index < -0.39 is 77.9 Å². The smallest absolute Gasteiger partial charge is 0.329 e. The minimum absolute atomic E-state index is 0.186. The first-order valence-electron chi connectivity index (χ1n) is 10.2. The van der Waals surface area contributed by atoms with Crippen molar-refractivity contribution in [3.63, 3.8) is 0 Å². The molecule has 0 saturated carbocycles. The normalized spacial score (nSPS) is 23.5. The van der Waals surface area contributed by atoms with Gasteiger partial charge in [-0.3, -0.25) is 38.3 Å². The van der Waals surface area contributed by atoms with Crippen molar-refractivity contribution in [3.05, 3.63) is 26.4 Å². The Morgan fingerprint density at radius 2 is 1.49 bits per heavy atom. The molecule has 35 heavy (non-hydrogen) atoms. The Labute approximate surface area is 197 Å². The first-order valence-corrected chi connectivity index (χ1v) is 10.2. The summed E-state index contributed by atoms with van der Waals surface area (Å²) in [5.74, 6) is -3.59. The maximum absolute atomic E-state index is 12.3. The van der Waals surface area contributed by atoms with E-state index in [2.05, 4.69) is 10.3 Å². The zero-order valence-electron chi connectivity index (χ0n) is 19.5. The summed E-state index contributed by atoms with van der Waals surface area (Å²) in [6, 6.07) is 0. The van der Waals surface area contributed by atoms with Gasteiger partial charge in [-0.1, -0.05) is 0 Å². The number of aromatic nitrogens is 2. The number of anilines is 1. The Kier molecular flexibility index (Phi) is 8.88.